The van der Waals surface area contributed by atoms with Gasteiger partial charge in [0.15, 0.2) is 11.6 Å². The minimum absolute atomic E-state index is 0.0572. The van der Waals surface area contributed by atoms with Crippen LogP contribution >= 0.6 is 0 Å². The quantitative estimate of drug-likeness (QED) is 0.283. The van der Waals surface area contributed by atoms with E-state index in [1.54, 1.807) is 38.1 Å². The number of nitrogens with one attached hydrogen (secondary N) is 1. The average molecular weight is 534 g/mol. The highest BCUT2D eigenvalue weighted by Gasteiger charge is 2.43. The number of phenolic OH excluding ortho intramolecular Hbond substituents is 1. The molecule has 2 N–H and O–H groups in total. The van der Waals surface area contributed by atoms with Crippen LogP contribution in [0, 0.1) is 25.1 Å². The van der Waals surface area contributed by atoms with Crippen LogP contribution in [0.4, 0.5) is 15.8 Å². The van der Waals surface area contributed by atoms with E-state index in [0.717, 1.165) is 5.57 Å². The summed E-state index contributed by atoms with van der Waals surface area (Å²) in [6.07, 6.45) is 0.554. The van der Waals surface area contributed by atoms with Crippen molar-refractivity contribution in [1.82, 2.24) is 4.98 Å². The highest BCUT2D eigenvalue weighted by Crippen LogP contribution is 2.50. The first-order chi connectivity index (χ1) is 18.4. The summed E-state index contributed by atoms with van der Waals surface area (Å²) in [4.78, 5) is 20.0. The Morgan fingerprint density at radius 1 is 1.31 bits per heavy atom. The molecule has 2 aliphatic heterocycles. The Hall–Kier alpha value is -4.27. The van der Waals surface area contributed by atoms with Crippen molar-refractivity contribution in [3.05, 3.63) is 88.7 Å². The van der Waals surface area contributed by atoms with Gasteiger partial charge in [0.1, 0.15) is 47.2 Å². The van der Waals surface area contributed by atoms with Crippen molar-refractivity contribution in [2.75, 3.05) is 23.4 Å². The lowest BCUT2D eigenvalue weighted by Gasteiger charge is -2.37. The molecule has 1 atom stereocenters. The lowest BCUT2D eigenvalue weighted by molar-refractivity contribution is 0.0756. The number of aromatic nitrogens is 1. The number of fused-ring (bicyclic) bond motifs is 1. The zero-order valence-corrected chi connectivity index (χ0v) is 22.7. The average Bonchev–Trinajstić information content (AvgIpc) is 3.13. The number of benzene rings is 2. The van der Waals surface area contributed by atoms with Crippen LogP contribution in [0.25, 0.3) is 0 Å². The minimum atomic E-state index is -1.01. The second-order valence-electron chi connectivity index (χ2n) is 10.9. The molecule has 1 amide bonds. The third-order valence-electron chi connectivity index (χ3n) is 6.71. The van der Waals surface area contributed by atoms with Crippen LogP contribution in [0.15, 0.2) is 64.4 Å². The van der Waals surface area contributed by atoms with Crippen molar-refractivity contribution in [1.29, 1.82) is 0 Å². The molecule has 3 aromatic rings. The molecule has 0 unspecified atom stereocenters. The van der Waals surface area contributed by atoms with Crippen LogP contribution in [-0.2, 0) is 4.74 Å². The van der Waals surface area contributed by atoms with Crippen LogP contribution in [-0.4, -0.2) is 29.2 Å². The number of ether oxygens (including phenoxy) is 2. The number of rotatable bonds is 5. The molecular formula is C30H32FN3O5. The van der Waals surface area contributed by atoms with E-state index in [-0.39, 0.29) is 29.0 Å². The molecule has 39 heavy (non-hydrogen) atoms. The Labute approximate surface area is 226 Å². The number of carbonyl (C=O) groups is 1. The molecule has 0 aliphatic carbocycles. The molecule has 0 saturated carbocycles. The van der Waals surface area contributed by atoms with E-state index in [0.29, 0.717) is 53.3 Å². The number of nitrogens with zero attached hydrogens (tertiary/aromatic N) is 2. The van der Waals surface area contributed by atoms with Gasteiger partial charge in [-0.15, -0.1) is 0 Å². The molecule has 0 spiro atoms. The fraction of sp³-hybridized carbons (Fsp3) is 0.333. The zero-order chi connectivity index (χ0) is 28.1. The van der Waals surface area contributed by atoms with Gasteiger partial charge in [-0.25, -0.2) is 9.37 Å². The Bertz CT molecular complexity index is 1510. The van der Waals surface area contributed by atoms with Gasteiger partial charge in [0.2, 0.25) is 0 Å². The number of phenols is 1. The first-order valence-corrected chi connectivity index (χ1v) is 12.7. The molecule has 0 fully saturated rings. The highest BCUT2D eigenvalue weighted by molar-refractivity contribution is 6.09. The first kappa shape index (κ1) is 26.3. The summed E-state index contributed by atoms with van der Waals surface area (Å²) < 4.78 is 33.5. The summed E-state index contributed by atoms with van der Waals surface area (Å²) in [6, 6.07) is 8.39. The smallest absolute Gasteiger partial charge is 0.281 e. The largest absolute Gasteiger partial charge is 0.506 e. The Balaban J connectivity index is 1.74. The van der Waals surface area contributed by atoms with E-state index in [4.69, 9.17) is 13.9 Å². The lowest BCUT2D eigenvalue weighted by atomic mass is 9.85. The van der Waals surface area contributed by atoms with Crippen LogP contribution in [0.1, 0.15) is 60.9 Å². The number of amides is 1. The molecule has 5 rings (SSSR count). The van der Waals surface area contributed by atoms with Crippen molar-refractivity contribution in [2.45, 2.75) is 47.1 Å². The number of oxazole rings is 1. The van der Waals surface area contributed by atoms with E-state index >= 15 is 4.39 Å². The number of hydrogen-bond donors (Lipinski definition) is 2. The number of carbonyl (C=O) groups excluding carboxylic acids is 1. The summed E-state index contributed by atoms with van der Waals surface area (Å²) in [5.74, 6) is 0.242. The molecule has 9 heteroatoms. The van der Waals surface area contributed by atoms with Crippen molar-refractivity contribution < 1.29 is 28.2 Å². The molecule has 8 nitrogen and oxygen atoms in total. The molecular weight excluding hydrogens is 501 g/mol. The molecule has 2 aromatic carbocycles. The van der Waals surface area contributed by atoms with Crippen molar-refractivity contribution >= 4 is 17.3 Å². The fourth-order valence-corrected chi connectivity index (χ4v) is 4.97. The predicted octanol–water partition coefficient (Wildman–Crippen LogP) is 6.56. The summed E-state index contributed by atoms with van der Waals surface area (Å²) in [6.45, 7) is 13.7. The van der Waals surface area contributed by atoms with Crippen LogP contribution in [0.3, 0.4) is 0 Å². The minimum Gasteiger partial charge on any atom is -0.506 e. The molecule has 1 aromatic heterocycles. The number of anilines is 2. The van der Waals surface area contributed by atoms with Gasteiger partial charge < -0.3 is 24.3 Å². The summed E-state index contributed by atoms with van der Waals surface area (Å²) >= 11 is 0. The Morgan fingerprint density at radius 3 is 2.74 bits per heavy atom. The fourth-order valence-electron chi connectivity index (χ4n) is 4.97. The van der Waals surface area contributed by atoms with Crippen molar-refractivity contribution in [3.8, 4) is 11.5 Å². The van der Waals surface area contributed by atoms with Gasteiger partial charge in [0, 0.05) is 24.0 Å². The Morgan fingerprint density at radius 2 is 2.08 bits per heavy atom. The van der Waals surface area contributed by atoms with Gasteiger partial charge in [-0.2, -0.15) is 0 Å². The summed E-state index contributed by atoms with van der Waals surface area (Å²) in [5, 5.41) is 14.2. The number of allylic oxidation sites excluding steroid dienone is 1. The lowest BCUT2D eigenvalue weighted by Crippen LogP contribution is -2.39. The standard InChI is InChI=1S/C30H32FN3O5/c1-16(2)14-37-19-10-11-20(21(31)12-19)27-28-22(13-30(5,6)15-38-28)33-26-23(8-7-9-24(26)35)34(27)29(36)25-17(3)39-18(4)32-25/h7-12,27,33,35H,1,13-15H2,2-6H3/t27-/m0/s1. The molecule has 3 heterocycles. The molecule has 0 bridgehead atoms. The molecule has 204 valence electrons. The van der Waals surface area contributed by atoms with Crippen LogP contribution < -0.4 is 15.0 Å². The molecule has 2 aliphatic rings. The van der Waals surface area contributed by atoms with E-state index in [1.165, 1.54) is 17.0 Å². The number of aromatic hydroxyl groups is 1. The monoisotopic (exact) mass is 533 g/mol. The van der Waals surface area contributed by atoms with E-state index in [9.17, 15) is 9.90 Å². The maximum Gasteiger partial charge on any atom is 0.281 e. The molecule has 0 radical (unpaired) electrons. The third kappa shape index (κ3) is 4.96. The van der Waals surface area contributed by atoms with E-state index in [2.05, 4.69) is 30.7 Å². The molecule has 0 saturated heterocycles. The Kier molecular flexibility index (Phi) is 6.62. The maximum absolute atomic E-state index is 16.0. The van der Waals surface area contributed by atoms with Gasteiger partial charge in [0.05, 0.1) is 18.0 Å². The number of hydrogen-bond acceptors (Lipinski definition) is 7. The normalized spacial score (nSPS) is 17.9. The zero-order valence-electron chi connectivity index (χ0n) is 22.7. The summed E-state index contributed by atoms with van der Waals surface area (Å²) in [7, 11) is 0. The van der Waals surface area contributed by atoms with Gasteiger partial charge in [0.25, 0.3) is 5.91 Å². The topological polar surface area (TPSA) is 97.1 Å². The van der Waals surface area contributed by atoms with E-state index in [1.807, 2.05) is 6.92 Å². The van der Waals surface area contributed by atoms with E-state index < -0.39 is 17.8 Å². The third-order valence-corrected chi connectivity index (χ3v) is 6.71. The number of aryl methyl sites for hydroxylation is 2. The maximum atomic E-state index is 16.0. The van der Waals surface area contributed by atoms with Gasteiger partial charge in [-0.3, -0.25) is 9.69 Å². The van der Waals surface area contributed by atoms with Gasteiger partial charge in [-0.05, 0) is 50.1 Å². The van der Waals surface area contributed by atoms with Gasteiger partial charge >= 0.3 is 0 Å². The van der Waals surface area contributed by atoms with Crippen LogP contribution in [0.2, 0.25) is 0 Å². The predicted molar refractivity (Wildman–Crippen MR) is 145 cm³/mol. The van der Waals surface area contributed by atoms with Gasteiger partial charge in [-0.1, -0.05) is 26.5 Å². The summed E-state index contributed by atoms with van der Waals surface area (Å²) in [5.41, 5.74) is 2.18. The second kappa shape index (κ2) is 9.80. The number of halogens is 1. The van der Waals surface area contributed by atoms with Crippen molar-refractivity contribution in [2.24, 2.45) is 5.41 Å². The highest BCUT2D eigenvalue weighted by atomic mass is 19.1. The first-order valence-electron chi connectivity index (χ1n) is 12.7. The number of para-hydroxylation sites is 1. The van der Waals surface area contributed by atoms with Crippen LogP contribution in [0.5, 0.6) is 11.5 Å². The van der Waals surface area contributed by atoms with Crippen molar-refractivity contribution in [3.63, 3.8) is 0 Å². The SMILES string of the molecule is C=C(C)COc1ccc([C@H]2C3=C(CC(C)(C)CO3)Nc3c(O)cccc3N2C(=O)c2nc(C)oc2C)c(F)c1. The second-order valence-corrected chi connectivity index (χ2v) is 10.9.